The molecule has 0 aromatic carbocycles. The van der Waals surface area contributed by atoms with Gasteiger partial charge in [-0.3, -0.25) is 0 Å². The maximum Gasteiger partial charge on any atom is 0.147 e. The zero-order chi connectivity index (χ0) is 12.0. The van der Waals surface area contributed by atoms with E-state index in [1.807, 2.05) is 4.90 Å². The summed E-state index contributed by atoms with van der Waals surface area (Å²) in [5.41, 5.74) is 0.585. The third-order valence-electron chi connectivity index (χ3n) is 2.90. The average Bonchev–Trinajstić information content (AvgIpc) is 2.67. The van der Waals surface area contributed by atoms with Gasteiger partial charge in [0.1, 0.15) is 17.4 Å². The first-order chi connectivity index (χ1) is 8.09. The monoisotopic (exact) mass is 229 g/mol. The van der Waals surface area contributed by atoms with Gasteiger partial charge in [-0.15, -0.1) is 0 Å². The molecule has 17 heavy (non-hydrogen) atoms. The fourth-order valence-corrected chi connectivity index (χ4v) is 2.06. The normalized spacial score (nSPS) is 17.8. The highest BCUT2D eigenvalue weighted by atomic mass is 16.3. The zero-order valence-corrected chi connectivity index (χ0v) is 9.33. The summed E-state index contributed by atoms with van der Waals surface area (Å²) >= 11 is 0. The molecule has 2 aromatic heterocycles. The lowest BCUT2D eigenvalue weighted by atomic mass is 9.97. The molecule has 0 bridgehead atoms. The number of hydrogen-bond donors (Lipinski definition) is 1. The van der Waals surface area contributed by atoms with Crippen molar-refractivity contribution in [3.8, 4) is 6.07 Å². The molecule has 0 spiro atoms. The maximum atomic E-state index is 9.67. The van der Waals surface area contributed by atoms with Crippen molar-refractivity contribution in [2.24, 2.45) is 0 Å². The Morgan fingerprint density at radius 2 is 2.24 bits per heavy atom. The molecule has 0 radical (unpaired) electrons. The van der Waals surface area contributed by atoms with Gasteiger partial charge < -0.3 is 10.0 Å². The van der Waals surface area contributed by atoms with Gasteiger partial charge in [-0.2, -0.15) is 10.4 Å². The topological polar surface area (TPSA) is 77.5 Å². The summed E-state index contributed by atoms with van der Waals surface area (Å²) < 4.78 is 1.63. The van der Waals surface area contributed by atoms with E-state index in [-0.39, 0.29) is 0 Å². The summed E-state index contributed by atoms with van der Waals surface area (Å²) in [6.07, 6.45) is 4.92. The molecule has 0 atom stereocenters. The van der Waals surface area contributed by atoms with Gasteiger partial charge in [0, 0.05) is 13.1 Å². The highest BCUT2D eigenvalue weighted by molar-refractivity contribution is 5.60. The zero-order valence-electron chi connectivity index (χ0n) is 9.33. The van der Waals surface area contributed by atoms with Gasteiger partial charge in [0.25, 0.3) is 0 Å². The average molecular weight is 229 g/mol. The van der Waals surface area contributed by atoms with Crippen molar-refractivity contribution >= 4 is 11.3 Å². The van der Waals surface area contributed by atoms with Crippen molar-refractivity contribution in [3.05, 3.63) is 24.2 Å². The lowest BCUT2D eigenvalue weighted by molar-refractivity contribution is 0.0305. The van der Waals surface area contributed by atoms with Crippen molar-refractivity contribution in [3.63, 3.8) is 0 Å². The van der Waals surface area contributed by atoms with Crippen molar-refractivity contribution in [1.29, 1.82) is 5.26 Å². The van der Waals surface area contributed by atoms with Gasteiger partial charge >= 0.3 is 0 Å². The molecule has 1 fully saturated rings. The van der Waals surface area contributed by atoms with E-state index in [2.05, 4.69) is 16.2 Å². The van der Waals surface area contributed by atoms with Gasteiger partial charge in [-0.05, 0) is 6.92 Å². The van der Waals surface area contributed by atoms with E-state index in [0.717, 1.165) is 5.82 Å². The van der Waals surface area contributed by atoms with Crippen LogP contribution in [0.15, 0.2) is 18.6 Å². The van der Waals surface area contributed by atoms with Gasteiger partial charge in [0.05, 0.1) is 29.8 Å². The summed E-state index contributed by atoms with van der Waals surface area (Å²) in [5, 5.41) is 22.6. The van der Waals surface area contributed by atoms with Gasteiger partial charge in [-0.25, -0.2) is 9.50 Å². The Morgan fingerprint density at radius 3 is 2.88 bits per heavy atom. The van der Waals surface area contributed by atoms with Crippen LogP contribution in [0, 0.1) is 11.3 Å². The molecule has 3 heterocycles. The standard InChI is InChI=1S/C11H11N5O/c1-11(17)6-15(7-11)10-5-16-9(4-13-10)8(2-12)3-14-16/h3-5,17H,6-7H2,1H3. The van der Waals surface area contributed by atoms with Crippen molar-refractivity contribution in [1.82, 2.24) is 14.6 Å². The van der Waals surface area contributed by atoms with E-state index in [4.69, 9.17) is 5.26 Å². The summed E-state index contributed by atoms with van der Waals surface area (Å²) in [7, 11) is 0. The quantitative estimate of drug-likeness (QED) is 0.754. The van der Waals surface area contributed by atoms with Crippen LogP contribution in [0.25, 0.3) is 5.52 Å². The summed E-state index contributed by atoms with van der Waals surface area (Å²) in [6, 6.07) is 2.06. The fourth-order valence-electron chi connectivity index (χ4n) is 2.06. The number of nitriles is 1. The van der Waals surface area contributed by atoms with Crippen molar-refractivity contribution in [2.75, 3.05) is 18.0 Å². The van der Waals surface area contributed by atoms with E-state index >= 15 is 0 Å². The predicted octanol–water partition coefficient (Wildman–Crippen LogP) is 0.172. The Balaban J connectivity index is 1.96. The molecule has 1 aliphatic heterocycles. The molecule has 0 aliphatic carbocycles. The second kappa shape index (κ2) is 3.18. The predicted molar refractivity (Wildman–Crippen MR) is 60.5 cm³/mol. The summed E-state index contributed by atoms with van der Waals surface area (Å²) in [4.78, 5) is 6.24. The molecule has 0 amide bonds. The van der Waals surface area contributed by atoms with Crippen LogP contribution in [0.2, 0.25) is 0 Å². The highest BCUT2D eigenvalue weighted by Gasteiger charge is 2.37. The van der Waals surface area contributed by atoms with E-state index < -0.39 is 5.60 Å². The molecular formula is C11H11N5O. The van der Waals surface area contributed by atoms with Crippen LogP contribution in [0.3, 0.4) is 0 Å². The van der Waals surface area contributed by atoms with Crippen LogP contribution in [-0.2, 0) is 0 Å². The minimum absolute atomic E-state index is 0.514. The number of aliphatic hydroxyl groups is 1. The first kappa shape index (κ1) is 10.1. The van der Waals surface area contributed by atoms with Crippen molar-refractivity contribution in [2.45, 2.75) is 12.5 Å². The Labute approximate surface area is 97.7 Å². The minimum Gasteiger partial charge on any atom is -0.386 e. The molecule has 0 unspecified atom stereocenters. The molecule has 6 nitrogen and oxygen atoms in total. The Bertz CT molecular complexity index is 616. The lowest BCUT2D eigenvalue weighted by Crippen LogP contribution is -2.60. The van der Waals surface area contributed by atoms with Crippen LogP contribution < -0.4 is 4.90 Å². The molecule has 1 N–H and O–H groups in total. The SMILES string of the molecule is CC1(O)CN(c2cn3ncc(C#N)c3cn2)C1. The van der Waals surface area contributed by atoms with Crippen LogP contribution >= 0.6 is 0 Å². The molecule has 2 aromatic rings. The lowest BCUT2D eigenvalue weighted by Gasteiger charge is -2.44. The molecule has 86 valence electrons. The van der Waals surface area contributed by atoms with Crippen LogP contribution in [0.4, 0.5) is 5.82 Å². The van der Waals surface area contributed by atoms with E-state index in [9.17, 15) is 5.11 Å². The number of rotatable bonds is 1. The fraction of sp³-hybridized carbons (Fsp3) is 0.364. The number of nitrogens with zero attached hydrogens (tertiary/aromatic N) is 5. The number of aromatic nitrogens is 3. The third kappa shape index (κ3) is 1.52. The number of hydrogen-bond acceptors (Lipinski definition) is 5. The third-order valence-corrected chi connectivity index (χ3v) is 2.90. The van der Waals surface area contributed by atoms with E-state index in [0.29, 0.717) is 24.2 Å². The van der Waals surface area contributed by atoms with Gasteiger partial charge in [0.2, 0.25) is 0 Å². The van der Waals surface area contributed by atoms with Gasteiger partial charge in [0.15, 0.2) is 0 Å². The molecular weight excluding hydrogens is 218 g/mol. The van der Waals surface area contributed by atoms with E-state index in [1.165, 1.54) is 6.20 Å². The summed E-state index contributed by atoms with van der Waals surface area (Å²) in [6.45, 7) is 2.93. The number of β-amino-alcohol motifs (C(OH)–C–C–N with tert-alkyl or cyclic N) is 1. The molecule has 1 saturated heterocycles. The number of anilines is 1. The molecule has 0 saturated carbocycles. The van der Waals surface area contributed by atoms with Crippen molar-refractivity contribution < 1.29 is 5.11 Å². The smallest absolute Gasteiger partial charge is 0.147 e. The first-order valence-electron chi connectivity index (χ1n) is 5.30. The number of fused-ring (bicyclic) bond motifs is 1. The van der Waals surface area contributed by atoms with Crippen LogP contribution in [-0.4, -0.2) is 38.4 Å². The largest absolute Gasteiger partial charge is 0.386 e. The Hall–Kier alpha value is -2.13. The molecule has 1 aliphatic rings. The second-order valence-corrected chi connectivity index (χ2v) is 4.60. The van der Waals surface area contributed by atoms with Gasteiger partial charge in [-0.1, -0.05) is 0 Å². The summed E-state index contributed by atoms with van der Waals surface area (Å²) in [5.74, 6) is 0.761. The Morgan fingerprint density at radius 1 is 1.47 bits per heavy atom. The molecule has 6 heteroatoms. The molecule has 3 rings (SSSR count). The first-order valence-corrected chi connectivity index (χ1v) is 5.30. The van der Waals surface area contributed by atoms with Crippen LogP contribution in [0.5, 0.6) is 0 Å². The second-order valence-electron chi connectivity index (χ2n) is 4.60. The minimum atomic E-state index is -0.626. The Kier molecular flexibility index (Phi) is 1.88. The highest BCUT2D eigenvalue weighted by Crippen LogP contribution is 2.25. The van der Waals surface area contributed by atoms with Crippen LogP contribution in [0.1, 0.15) is 12.5 Å². The maximum absolute atomic E-state index is 9.67. The van der Waals surface area contributed by atoms with E-state index in [1.54, 1.807) is 23.8 Å².